The van der Waals surface area contributed by atoms with Crippen molar-refractivity contribution in [3.63, 3.8) is 0 Å². The summed E-state index contributed by atoms with van der Waals surface area (Å²) >= 11 is 0. The highest BCUT2D eigenvalue weighted by Crippen LogP contribution is 1.67. The summed E-state index contributed by atoms with van der Waals surface area (Å²) < 4.78 is 17.4. The Bertz CT molecular complexity index is 247. The summed E-state index contributed by atoms with van der Waals surface area (Å²) in [6.07, 6.45) is 12.8. The van der Waals surface area contributed by atoms with Crippen LogP contribution >= 0.6 is 0 Å². The van der Waals surface area contributed by atoms with Crippen LogP contribution in [0.25, 0.3) is 0 Å². The molecule has 0 unspecified atom stereocenters. The summed E-state index contributed by atoms with van der Waals surface area (Å²) in [6.45, 7) is 0. The molecule has 0 aromatic heterocycles. The van der Waals surface area contributed by atoms with E-state index in [1.54, 1.807) is 0 Å². The molecular weight excluding hydrogens is 160 g/mol. The van der Waals surface area contributed by atoms with E-state index >= 15 is 0 Å². The molecule has 0 saturated carbocycles. The molecule has 0 atom stereocenters. The Morgan fingerprint density at radius 2 is 0.917 bits per heavy atom. The van der Waals surface area contributed by atoms with Gasteiger partial charge >= 0.3 is 0 Å². The fourth-order valence-electron chi connectivity index (χ4n) is 0.218. The van der Waals surface area contributed by atoms with Gasteiger partial charge in [0.05, 0.1) is 14.2 Å². The van der Waals surface area contributed by atoms with Gasteiger partial charge in [0.15, 0.2) is 36.6 Å². The number of hydrogen-bond acceptors (Lipinski definition) is 4. The summed E-state index contributed by atoms with van der Waals surface area (Å²) in [5.41, 5.74) is 0. The zero-order valence-corrected chi connectivity index (χ0v) is 6.63. The quantitative estimate of drug-likeness (QED) is 0.477. The van der Waals surface area contributed by atoms with Gasteiger partial charge in [0.2, 0.25) is 0 Å². The molecule has 4 heteroatoms. The molecule has 4 nitrogen and oxygen atoms in total. The standard InChI is InChI=1S/C8H6O4/c1-9-3-5-11-7-8-12-6-4-10-2/h1-2H3. The summed E-state index contributed by atoms with van der Waals surface area (Å²) in [6, 6.07) is 0. The number of rotatable bonds is 0. The first kappa shape index (κ1) is 9.88. The molecule has 0 fully saturated rings. The van der Waals surface area contributed by atoms with E-state index in [0.29, 0.717) is 0 Å². The van der Waals surface area contributed by atoms with Crippen molar-refractivity contribution in [3.05, 3.63) is 0 Å². The van der Waals surface area contributed by atoms with E-state index in [1.165, 1.54) is 14.2 Å². The Morgan fingerprint density at radius 1 is 0.583 bits per heavy atom. The largest absolute Gasteiger partial charge is 0.448 e. The van der Waals surface area contributed by atoms with Gasteiger partial charge in [-0.25, -0.2) is 0 Å². The van der Waals surface area contributed by atoms with Gasteiger partial charge in [-0.2, -0.15) is 0 Å². The molecule has 62 valence electrons. The van der Waals surface area contributed by atoms with Gasteiger partial charge in [-0.1, -0.05) is 0 Å². The van der Waals surface area contributed by atoms with Crippen LogP contribution < -0.4 is 0 Å². The molecule has 0 saturated heterocycles. The van der Waals surface area contributed by atoms with Crippen LogP contribution in [0.1, 0.15) is 0 Å². The molecule has 0 aromatic carbocycles. The van der Waals surface area contributed by atoms with Crippen molar-refractivity contribution in [2.45, 2.75) is 0 Å². The Balaban J connectivity index is 3.47. The number of hydrogen-bond donors (Lipinski definition) is 0. The lowest BCUT2D eigenvalue weighted by Crippen LogP contribution is -1.72. The maximum atomic E-state index is 4.37. The summed E-state index contributed by atoms with van der Waals surface area (Å²) in [5, 5.41) is 0. The topological polar surface area (TPSA) is 36.9 Å². The van der Waals surface area contributed by atoms with Gasteiger partial charge in [0, 0.05) is 0 Å². The lowest BCUT2D eigenvalue weighted by atomic mass is 11.1. The number of ether oxygens (including phenoxy) is 4. The molecule has 12 heavy (non-hydrogen) atoms. The van der Waals surface area contributed by atoms with E-state index < -0.39 is 0 Å². The zero-order chi connectivity index (χ0) is 9.07. The van der Waals surface area contributed by atoms with E-state index in [2.05, 4.69) is 55.6 Å². The average molecular weight is 166 g/mol. The molecule has 0 aliphatic carbocycles. The van der Waals surface area contributed by atoms with Crippen LogP contribution in [0.2, 0.25) is 0 Å². The minimum atomic E-state index is 1.41. The predicted octanol–water partition coefficient (Wildman–Crippen LogP) is 0.0676. The molecule has 0 amide bonds. The molecule has 0 aliphatic heterocycles. The van der Waals surface area contributed by atoms with Crippen molar-refractivity contribution in [2.75, 3.05) is 14.2 Å². The van der Waals surface area contributed by atoms with Crippen LogP contribution in [-0.4, -0.2) is 14.2 Å². The average Bonchev–Trinajstić information content (AvgIpc) is 2.10. The first-order chi connectivity index (χ1) is 5.91. The molecule has 0 rings (SSSR count). The van der Waals surface area contributed by atoms with Gasteiger partial charge in [-0.05, 0) is 0 Å². The first-order valence-electron chi connectivity index (χ1n) is 2.79. The molecule has 0 aliphatic rings. The van der Waals surface area contributed by atoms with E-state index in [4.69, 9.17) is 0 Å². The van der Waals surface area contributed by atoms with Gasteiger partial charge in [-0.15, -0.1) is 0 Å². The second-order valence-electron chi connectivity index (χ2n) is 1.22. The SMILES string of the molecule is COC#COC#COC#COC. The highest BCUT2D eigenvalue weighted by atomic mass is 16.5. The molecule has 0 bridgehead atoms. The highest BCUT2D eigenvalue weighted by molar-refractivity contribution is 4.93. The smallest absolute Gasteiger partial charge is 0.175 e. The predicted molar refractivity (Wildman–Crippen MR) is 39.5 cm³/mol. The first-order valence-corrected chi connectivity index (χ1v) is 2.79. The van der Waals surface area contributed by atoms with Crippen molar-refractivity contribution in [1.82, 2.24) is 0 Å². The van der Waals surface area contributed by atoms with Crippen molar-refractivity contribution < 1.29 is 18.9 Å². The second kappa shape index (κ2) is 8.88. The maximum absolute atomic E-state index is 4.37. The summed E-state index contributed by atoms with van der Waals surface area (Å²) in [7, 11) is 2.81. The highest BCUT2D eigenvalue weighted by Gasteiger charge is 1.67. The monoisotopic (exact) mass is 166 g/mol. The molecule has 0 N–H and O–H groups in total. The normalized spacial score (nSPS) is 5.17. The van der Waals surface area contributed by atoms with Gasteiger partial charge in [0.25, 0.3) is 0 Å². The maximum Gasteiger partial charge on any atom is 0.175 e. The Kier molecular flexibility index (Phi) is 7.31. The third-order valence-electron chi connectivity index (χ3n) is 0.533. The minimum absolute atomic E-state index is 1.41. The molecule has 0 heterocycles. The van der Waals surface area contributed by atoms with E-state index in [9.17, 15) is 0 Å². The molecule has 0 radical (unpaired) electrons. The van der Waals surface area contributed by atoms with Crippen LogP contribution in [0.5, 0.6) is 0 Å². The van der Waals surface area contributed by atoms with Crippen molar-refractivity contribution in [1.29, 1.82) is 0 Å². The fraction of sp³-hybridized carbons (Fsp3) is 0.250. The number of methoxy groups -OCH3 is 2. The van der Waals surface area contributed by atoms with E-state index in [0.717, 1.165) is 0 Å². The van der Waals surface area contributed by atoms with Crippen LogP contribution in [0, 0.1) is 36.6 Å². The molecular formula is C8H6O4. The summed E-state index contributed by atoms with van der Waals surface area (Å²) in [4.78, 5) is 0. The van der Waals surface area contributed by atoms with Crippen LogP contribution in [0.4, 0.5) is 0 Å². The molecule has 0 spiro atoms. The molecule has 0 aromatic rings. The Morgan fingerprint density at radius 3 is 1.25 bits per heavy atom. The third-order valence-corrected chi connectivity index (χ3v) is 0.533. The lowest BCUT2D eigenvalue weighted by Gasteiger charge is -1.77. The van der Waals surface area contributed by atoms with Gasteiger partial charge < -0.3 is 18.9 Å². The van der Waals surface area contributed by atoms with E-state index in [-0.39, 0.29) is 0 Å². The van der Waals surface area contributed by atoms with Crippen molar-refractivity contribution in [2.24, 2.45) is 0 Å². The van der Waals surface area contributed by atoms with Crippen LogP contribution in [-0.2, 0) is 18.9 Å². The Hall–Kier alpha value is -2.12. The second-order valence-corrected chi connectivity index (χ2v) is 1.22. The Labute approximate surface area is 70.7 Å². The van der Waals surface area contributed by atoms with Crippen LogP contribution in [0.3, 0.4) is 0 Å². The fourth-order valence-corrected chi connectivity index (χ4v) is 0.218. The van der Waals surface area contributed by atoms with Gasteiger partial charge in [-0.3, -0.25) is 0 Å². The minimum Gasteiger partial charge on any atom is -0.448 e. The van der Waals surface area contributed by atoms with Crippen LogP contribution in [0.15, 0.2) is 0 Å². The van der Waals surface area contributed by atoms with E-state index in [1.807, 2.05) is 0 Å². The lowest BCUT2D eigenvalue weighted by molar-refractivity contribution is 0.355. The van der Waals surface area contributed by atoms with Crippen molar-refractivity contribution >= 4 is 0 Å². The van der Waals surface area contributed by atoms with Crippen molar-refractivity contribution in [3.8, 4) is 36.6 Å². The van der Waals surface area contributed by atoms with Gasteiger partial charge in [0.1, 0.15) is 0 Å². The third kappa shape index (κ3) is 7.88. The zero-order valence-electron chi connectivity index (χ0n) is 6.63. The summed E-state index contributed by atoms with van der Waals surface area (Å²) in [5.74, 6) is 0.